The van der Waals surface area contributed by atoms with Crippen molar-refractivity contribution in [3.8, 4) is 22.4 Å². The highest BCUT2D eigenvalue weighted by molar-refractivity contribution is 5.69. The first-order valence-corrected chi connectivity index (χ1v) is 14.6. The van der Waals surface area contributed by atoms with Crippen molar-refractivity contribution >= 4 is 0 Å². The number of halogens is 1. The normalized spacial score (nSPS) is 11.2. The lowest BCUT2D eigenvalue weighted by atomic mass is 9.99. The van der Waals surface area contributed by atoms with Gasteiger partial charge in [0, 0.05) is 11.1 Å². The molecule has 0 N–H and O–H groups in total. The third-order valence-corrected chi connectivity index (χ3v) is 7.26. The highest BCUT2D eigenvalue weighted by Gasteiger charge is 2.08. The molecule has 0 fully saturated rings. The second-order valence-corrected chi connectivity index (χ2v) is 10.3. The average Bonchev–Trinajstić information content (AvgIpc) is 2.91. The molecular weight excluding hydrogens is 441 g/mol. The van der Waals surface area contributed by atoms with E-state index in [2.05, 4.69) is 67.4 Å². The van der Waals surface area contributed by atoms with Crippen molar-refractivity contribution in [1.82, 2.24) is 4.98 Å². The monoisotopic (exact) mass is 487 g/mol. The van der Waals surface area contributed by atoms with Crippen LogP contribution < -0.4 is 0 Å². The maximum absolute atomic E-state index is 14.7. The van der Waals surface area contributed by atoms with Crippen molar-refractivity contribution in [3.05, 3.63) is 77.7 Å². The van der Waals surface area contributed by atoms with Gasteiger partial charge >= 0.3 is 0 Å². The Morgan fingerprint density at radius 2 is 0.972 bits per heavy atom. The van der Waals surface area contributed by atoms with Crippen molar-refractivity contribution in [1.29, 1.82) is 0 Å². The maximum atomic E-state index is 14.7. The van der Waals surface area contributed by atoms with Crippen molar-refractivity contribution < 1.29 is 4.39 Å². The second-order valence-electron chi connectivity index (χ2n) is 10.3. The Morgan fingerprint density at radius 1 is 0.500 bits per heavy atom. The molecule has 0 aliphatic rings. The molecule has 2 aromatic carbocycles. The smallest absolute Gasteiger partial charge is 0.216 e. The van der Waals surface area contributed by atoms with Crippen molar-refractivity contribution in [2.24, 2.45) is 0 Å². The van der Waals surface area contributed by atoms with Gasteiger partial charge in [-0.1, -0.05) is 139 Å². The number of rotatable bonds is 17. The van der Waals surface area contributed by atoms with Gasteiger partial charge in [-0.3, -0.25) is 0 Å². The van der Waals surface area contributed by atoms with Gasteiger partial charge in [0.1, 0.15) is 0 Å². The molecule has 1 aromatic heterocycles. The molecule has 3 aromatic rings. The van der Waals surface area contributed by atoms with Crippen molar-refractivity contribution in [2.75, 3.05) is 0 Å². The van der Waals surface area contributed by atoms with E-state index >= 15 is 0 Å². The molecule has 0 amide bonds. The van der Waals surface area contributed by atoms with Crippen molar-refractivity contribution in [2.45, 2.75) is 110 Å². The van der Waals surface area contributed by atoms with E-state index in [9.17, 15) is 4.39 Å². The number of aromatic nitrogens is 1. The van der Waals surface area contributed by atoms with Crippen LogP contribution in [0.15, 0.2) is 60.7 Å². The molecule has 0 radical (unpaired) electrons. The van der Waals surface area contributed by atoms with Crippen LogP contribution in [0.1, 0.15) is 108 Å². The summed E-state index contributed by atoms with van der Waals surface area (Å²) in [5.41, 5.74) is 6.22. The minimum atomic E-state index is -0.315. The lowest BCUT2D eigenvalue weighted by Gasteiger charge is -2.08. The summed E-state index contributed by atoms with van der Waals surface area (Å²) in [4.78, 5) is 4.29. The van der Waals surface area contributed by atoms with Crippen LogP contribution in [0, 0.1) is 5.95 Å². The fourth-order valence-corrected chi connectivity index (χ4v) is 4.89. The molecule has 0 bridgehead atoms. The van der Waals surface area contributed by atoms with Gasteiger partial charge in [0.25, 0.3) is 0 Å². The number of unbranched alkanes of at least 4 members (excludes halogenated alkanes) is 11. The van der Waals surface area contributed by atoms with E-state index in [1.165, 1.54) is 93.7 Å². The Labute approximate surface area is 219 Å². The molecule has 36 heavy (non-hydrogen) atoms. The van der Waals surface area contributed by atoms with Gasteiger partial charge in [-0.15, -0.1) is 0 Å². The van der Waals surface area contributed by atoms with Crippen LogP contribution in [0.2, 0.25) is 0 Å². The SMILES string of the molecule is CCCCCCCCCCc1ccc(-c2ccc(-c3ccc(CCCCCCC)cc3)cc2)nc1F. The van der Waals surface area contributed by atoms with Crippen molar-refractivity contribution in [3.63, 3.8) is 0 Å². The number of aryl methyl sites for hydroxylation is 2. The molecule has 0 atom stereocenters. The summed E-state index contributed by atoms with van der Waals surface area (Å²) in [6.45, 7) is 4.51. The lowest BCUT2D eigenvalue weighted by Crippen LogP contribution is -1.96. The zero-order chi connectivity index (χ0) is 25.4. The third-order valence-electron chi connectivity index (χ3n) is 7.26. The van der Waals surface area contributed by atoms with Gasteiger partial charge in [-0.2, -0.15) is 4.39 Å². The average molecular weight is 488 g/mol. The minimum absolute atomic E-state index is 0.315. The molecule has 3 rings (SSSR count). The zero-order valence-corrected chi connectivity index (χ0v) is 22.7. The number of hydrogen-bond acceptors (Lipinski definition) is 1. The van der Waals surface area contributed by atoms with E-state index in [4.69, 9.17) is 0 Å². The molecule has 194 valence electrons. The Hall–Kier alpha value is -2.48. The maximum Gasteiger partial charge on any atom is 0.216 e. The first-order chi connectivity index (χ1) is 17.7. The summed E-state index contributed by atoms with van der Waals surface area (Å²) < 4.78 is 14.7. The predicted octanol–water partition coefficient (Wildman–Crippen LogP) is 10.8. The third kappa shape index (κ3) is 9.52. The number of benzene rings is 2. The van der Waals surface area contributed by atoms with E-state index in [0.29, 0.717) is 5.69 Å². The molecule has 0 aliphatic carbocycles. The van der Waals surface area contributed by atoms with Crippen LogP contribution in [-0.4, -0.2) is 4.98 Å². The molecule has 1 heterocycles. The topological polar surface area (TPSA) is 12.9 Å². The fraction of sp³-hybridized carbons (Fsp3) is 0.500. The Morgan fingerprint density at radius 3 is 1.53 bits per heavy atom. The molecule has 0 unspecified atom stereocenters. The van der Waals surface area contributed by atoms with Crippen LogP contribution in [0.3, 0.4) is 0 Å². The number of hydrogen-bond donors (Lipinski definition) is 0. The first kappa shape index (κ1) is 28.1. The van der Waals surface area contributed by atoms with Gasteiger partial charge in [0.2, 0.25) is 5.95 Å². The predicted molar refractivity (Wildman–Crippen MR) is 154 cm³/mol. The second kappa shape index (κ2) is 16.3. The molecule has 1 nitrogen and oxygen atoms in total. The summed E-state index contributed by atoms with van der Waals surface area (Å²) in [6, 6.07) is 21.2. The molecular formula is C34H46FN. The molecule has 0 saturated carbocycles. The largest absolute Gasteiger partial charge is 0.219 e. The van der Waals surface area contributed by atoms with E-state index < -0.39 is 0 Å². The number of nitrogens with zero attached hydrogens (tertiary/aromatic N) is 1. The Kier molecular flexibility index (Phi) is 12.7. The molecule has 2 heteroatoms. The summed E-state index contributed by atoms with van der Waals surface area (Å²) in [7, 11) is 0. The van der Waals surface area contributed by atoms with E-state index in [-0.39, 0.29) is 5.95 Å². The summed E-state index contributed by atoms with van der Waals surface area (Å²) >= 11 is 0. The van der Waals surface area contributed by atoms with Gasteiger partial charge in [-0.05, 0) is 48.4 Å². The summed E-state index contributed by atoms with van der Waals surface area (Å²) in [6.07, 6.45) is 18.6. The zero-order valence-electron chi connectivity index (χ0n) is 22.7. The standard InChI is InChI=1S/C34H46FN/c1-3-5-7-9-10-11-13-15-17-32-26-27-33(36-34(32)35)31-24-22-30(23-25-31)29-20-18-28(19-21-29)16-14-12-8-6-4-2/h18-27H,3-17H2,1-2H3. The quantitative estimate of drug-likeness (QED) is 0.136. The lowest BCUT2D eigenvalue weighted by molar-refractivity contribution is 0.548. The highest BCUT2D eigenvalue weighted by atomic mass is 19.1. The molecule has 0 spiro atoms. The van der Waals surface area contributed by atoms with Crippen LogP contribution in [-0.2, 0) is 12.8 Å². The van der Waals surface area contributed by atoms with Gasteiger partial charge in [-0.25, -0.2) is 4.98 Å². The van der Waals surface area contributed by atoms with E-state index in [0.717, 1.165) is 30.4 Å². The fourth-order valence-electron chi connectivity index (χ4n) is 4.89. The van der Waals surface area contributed by atoms with Crippen LogP contribution in [0.5, 0.6) is 0 Å². The Balaban J connectivity index is 1.47. The molecule has 0 aliphatic heterocycles. The van der Waals surface area contributed by atoms with Gasteiger partial charge < -0.3 is 0 Å². The van der Waals surface area contributed by atoms with Crippen LogP contribution in [0.4, 0.5) is 4.39 Å². The Bertz CT molecular complexity index is 991. The minimum Gasteiger partial charge on any atom is -0.219 e. The summed E-state index contributed by atoms with van der Waals surface area (Å²) in [5, 5.41) is 0. The highest BCUT2D eigenvalue weighted by Crippen LogP contribution is 2.26. The first-order valence-electron chi connectivity index (χ1n) is 14.6. The van der Waals surface area contributed by atoms with Crippen LogP contribution in [0.25, 0.3) is 22.4 Å². The number of pyridine rings is 1. The summed E-state index contributed by atoms with van der Waals surface area (Å²) in [5.74, 6) is -0.315. The van der Waals surface area contributed by atoms with E-state index in [1.54, 1.807) is 0 Å². The molecule has 0 saturated heterocycles. The van der Waals surface area contributed by atoms with Gasteiger partial charge in [0.05, 0.1) is 5.69 Å². The van der Waals surface area contributed by atoms with Crippen LogP contribution >= 0.6 is 0 Å². The van der Waals surface area contributed by atoms with Gasteiger partial charge in [0.15, 0.2) is 0 Å². The van der Waals surface area contributed by atoms with E-state index in [1.807, 2.05) is 12.1 Å².